The number of anilines is 1. The Bertz CT molecular complexity index is 658. The second-order valence-electron chi connectivity index (χ2n) is 3.73. The van der Waals surface area contributed by atoms with Gasteiger partial charge >= 0.3 is 17.1 Å². The number of rotatable bonds is 1. The molecule has 0 aliphatic rings. The van der Waals surface area contributed by atoms with Gasteiger partial charge in [-0.15, -0.1) is 12.1 Å². The van der Waals surface area contributed by atoms with E-state index >= 15 is 0 Å². The van der Waals surface area contributed by atoms with Gasteiger partial charge < -0.3 is 10.3 Å². The monoisotopic (exact) mass is 421 g/mol. The Morgan fingerprint density at radius 1 is 1.20 bits per heavy atom. The van der Waals surface area contributed by atoms with Crippen molar-refractivity contribution in [3.63, 3.8) is 0 Å². The van der Waals surface area contributed by atoms with Gasteiger partial charge in [0.2, 0.25) is 0 Å². The Morgan fingerprint density at radius 3 is 2.30 bits per heavy atom. The summed E-state index contributed by atoms with van der Waals surface area (Å²) in [6.45, 7) is 0. The topological polar surface area (TPSA) is 60.9 Å². The zero-order chi connectivity index (χ0) is 13.7. The molecule has 0 fully saturated rings. The Hall–Kier alpha value is -1.37. The standard InChI is InChI=1S/C9H7IN3O.C5H5.Fe/c10-7-5-13(6-3-1-2-4-6)9(14)12-8(7)11;1-2-4-5-3-1;/h1-5H,(H2,11,12,14);1-5H;/q2*-1;+2. The summed E-state index contributed by atoms with van der Waals surface area (Å²) in [6.07, 6.45) is 1.68. The van der Waals surface area contributed by atoms with Gasteiger partial charge in [-0.1, -0.05) is 0 Å². The van der Waals surface area contributed by atoms with E-state index in [-0.39, 0.29) is 28.6 Å². The van der Waals surface area contributed by atoms with Crippen LogP contribution in [0.1, 0.15) is 0 Å². The van der Waals surface area contributed by atoms with E-state index in [1.165, 1.54) is 4.57 Å². The molecule has 2 aromatic carbocycles. The van der Waals surface area contributed by atoms with Crippen LogP contribution in [0.3, 0.4) is 0 Å². The molecule has 1 heterocycles. The van der Waals surface area contributed by atoms with Crippen molar-refractivity contribution in [2.24, 2.45) is 0 Å². The number of aromatic nitrogens is 2. The van der Waals surface area contributed by atoms with Crippen molar-refractivity contribution >= 4 is 28.4 Å². The van der Waals surface area contributed by atoms with Gasteiger partial charge in [-0.3, -0.25) is 4.79 Å². The van der Waals surface area contributed by atoms with Gasteiger partial charge in [-0.05, 0) is 34.5 Å². The van der Waals surface area contributed by atoms with Crippen molar-refractivity contribution in [3.8, 4) is 5.69 Å². The summed E-state index contributed by atoms with van der Waals surface area (Å²) in [5, 5.41) is 0. The first kappa shape index (κ1) is 16.7. The Balaban J connectivity index is 0.000000283. The molecule has 104 valence electrons. The van der Waals surface area contributed by atoms with Gasteiger partial charge in [0.1, 0.15) is 5.82 Å². The van der Waals surface area contributed by atoms with Gasteiger partial charge in [-0.25, -0.2) is 17.1 Å². The second kappa shape index (κ2) is 8.04. The van der Waals surface area contributed by atoms with E-state index < -0.39 is 0 Å². The van der Waals surface area contributed by atoms with Crippen molar-refractivity contribution in [2.75, 3.05) is 5.73 Å². The molecule has 1 aromatic heterocycles. The second-order valence-corrected chi connectivity index (χ2v) is 4.89. The molecule has 3 rings (SSSR count). The van der Waals surface area contributed by atoms with Crippen molar-refractivity contribution in [3.05, 3.63) is 74.8 Å². The Labute approximate surface area is 141 Å². The predicted octanol–water partition coefficient (Wildman–Crippen LogP) is 2.54. The van der Waals surface area contributed by atoms with E-state index in [9.17, 15) is 4.79 Å². The molecule has 0 unspecified atom stereocenters. The molecule has 3 aromatic rings. The predicted molar refractivity (Wildman–Crippen MR) is 84.6 cm³/mol. The minimum Gasteiger partial charge on any atom is -0.384 e. The largest absolute Gasteiger partial charge is 2.00 e. The molecule has 0 amide bonds. The van der Waals surface area contributed by atoms with Crippen LogP contribution in [0.25, 0.3) is 5.69 Å². The van der Waals surface area contributed by atoms with Crippen LogP contribution >= 0.6 is 22.6 Å². The number of hydrogen-bond donors (Lipinski definition) is 1. The number of nitrogens with zero attached hydrogens (tertiary/aromatic N) is 2. The molecule has 6 heteroatoms. The van der Waals surface area contributed by atoms with Gasteiger partial charge in [0.25, 0.3) is 5.69 Å². The van der Waals surface area contributed by atoms with E-state index in [1.807, 2.05) is 77.2 Å². The first-order chi connectivity index (χ1) is 9.18. The van der Waals surface area contributed by atoms with E-state index in [0.717, 1.165) is 9.26 Å². The molecular formula is C14H12FeIN3O. The fraction of sp³-hybridized carbons (Fsp3) is 0. The Kier molecular flexibility index (Phi) is 6.70. The maximum absolute atomic E-state index is 11.5. The fourth-order valence-electron chi connectivity index (χ4n) is 1.48. The quantitative estimate of drug-likeness (QED) is 0.374. The average molecular weight is 421 g/mol. The van der Waals surface area contributed by atoms with E-state index in [2.05, 4.69) is 4.98 Å². The van der Waals surface area contributed by atoms with E-state index in [1.54, 1.807) is 6.20 Å². The number of nitrogen functional groups attached to an aromatic ring is 1. The summed E-state index contributed by atoms with van der Waals surface area (Å²) < 4.78 is 2.24. The number of halogens is 1. The summed E-state index contributed by atoms with van der Waals surface area (Å²) in [5.41, 5.74) is 5.96. The molecule has 0 radical (unpaired) electrons. The van der Waals surface area contributed by atoms with Crippen molar-refractivity contribution in [2.45, 2.75) is 0 Å². The van der Waals surface area contributed by atoms with Crippen LogP contribution in [0.5, 0.6) is 0 Å². The average Bonchev–Trinajstić information content (AvgIpc) is 3.07. The molecule has 0 bridgehead atoms. The van der Waals surface area contributed by atoms with Crippen LogP contribution in [0, 0.1) is 3.57 Å². The molecule has 0 spiro atoms. The zero-order valence-electron chi connectivity index (χ0n) is 10.4. The molecule has 0 saturated carbocycles. The van der Waals surface area contributed by atoms with Crippen LogP contribution in [0.2, 0.25) is 0 Å². The normalized spacial score (nSPS) is 9.25. The minimum absolute atomic E-state index is 0. The van der Waals surface area contributed by atoms with E-state index in [0.29, 0.717) is 0 Å². The molecular weight excluding hydrogens is 409 g/mol. The molecule has 0 atom stereocenters. The van der Waals surface area contributed by atoms with Crippen LogP contribution in [0.4, 0.5) is 5.82 Å². The van der Waals surface area contributed by atoms with Gasteiger partial charge in [0, 0.05) is 3.57 Å². The number of hydrogen-bond acceptors (Lipinski definition) is 3. The zero-order valence-corrected chi connectivity index (χ0v) is 13.6. The summed E-state index contributed by atoms with van der Waals surface area (Å²) >= 11 is 2.04. The molecule has 0 saturated heterocycles. The first-order valence-corrected chi connectivity index (χ1v) is 6.70. The molecule has 2 N–H and O–H groups in total. The number of nitrogens with two attached hydrogens (primary N) is 1. The summed E-state index contributed by atoms with van der Waals surface area (Å²) in [4.78, 5) is 15.2. The molecule has 4 nitrogen and oxygen atoms in total. The SMILES string of the molecule is Nc1nc(=O)n(-[c-]2cccc2)cc1I.[Fe+2].c1cc[cH-]c1. The third-order valence-electron chi connectivity index (χ3n) is 2.39. The van der Waals surface area contributed by atoms with Gasteiger partial charge in [-0.2, -0.15) is 30.3 Å². The van der Waals surface area contributed by atoms with Crippen molar-refractivity contribution in [1.29, 1.82) is 0 Å². The molecule has 20 heavy (non-hydrogen) atoms. The third-order valence-corrected chi connectivity index (χ3v) is 3.22. The summed E-state index contributed by atoms with van der Waals surface area (Å²) in [7, 11) is 0. The van der Waals surface area contributed by atoms with Crippen LogP contribution in [0.15, 0.2) is 65.6 Å². The smallest absolute Gasteiger partial charge is 0.384 e. The minimum atomic E-state index is -0.353. The maximum Gasteiger partial charge on any atom is 2.00 e. The van der Waals surface area contributed by atoms with Crippen LogP contribution < -0.4 is 11.4 Å². The molecule has 0 aliphatic carbocycles. The van der Waals surface area contributed by atoms with Gasteiger partial charge in [0.05, 0.1) is 0 Å². The van der Waals surface area contributed by atoms with Gasteiger partial charge in [0.15, 0.2) is 0 Å². The summed E-state index contributed by atoms with van der Waals surface area (Å²) in [5.74, 6) is 0.276. The first-order valence-electron chi connectivity index (χ1n) is 5.62. The fourth-order valence-corrected chi connectivity index (χ4v) is 1.87. The van der Waals surface area contributed by atoms with E-state index in [4.69, 9.17) is 5.73 Å². The maximum atomic E-state index is 11.5. The third kappa shape index (κ3) is 4.33. The Morgan fingerprint density at radius 2 is 1.80 bits per heavy atom. The van der Waals surface area contributed by atoms with Crippen molar-refractivity contribution < 1.29 is 17.1 Å². The van der Waals surface area contributed by atoms with Crippen molar-refractivity contribution in [1.82, 2.24) is 9.55 Å². The van der Waals surface area contributed by atoms with Crippen LogP contribution in [-0.4, -0.2) is 9.55 Å². The van der Waals surface area contributed by atoms with Crippen LogP contribution in [-0.2, 0) is 17.1 Å². The molecule has 0 aliphatic heterocycles. The summed E-state index contributed by atoms with van der Waals surface area (Å²) in [6, 6.07) is 17.4.